The summed E-state index contributed by atoms with van der Waals surface area (Å²) in [6, 6.07) is 1.38. The van der Waals surface area contributed by atoms with Crippen molar-refractivity contribution in [2.45, 2.75) is 26.6 Å². The lowest BCUT2D eigenvalue weighted by Gasteiger charge is -2.16. The minimum Gasteiger partial charge on any atom is -0.301 e. The average Bonchev–Trinajstić information content (AvgIpc) is 2.33. The van der Waals surface area contributed by atoms with E-state index in [1.165, 1.54) is 6.07 Å². The quantitative estimate of drug-likeness (QED) is 0.717. The lowest BCUT2D eigenvalue weighted by Crippen LogP contribution is -2.21. The number of aromatic nitrogens is 2. The summed E-state index contributed by atoms with van der Waals surface area (Å²) in [4.78, 5) is 11.7. The van der Waals surface area contributed by atoms with E-state index in [0.717, 1.165) is 16.1 Å². The third kappa shape index (κ3) is 4.93. The zero-order valence-corrected chi connectivity index (χ0v) is 13.4. The van der Waals surface area contributed by atoms with E-state index in [9.17, 15) is 9.36 Å². The van der Waals surface area contributed by atoms with Crippen LogP contribution >= 0.6 is 29.8 Å². The van der Waals surface area contributed by atoms with Gasteiger partial charge in [0.25, 0.3) is 5.56 Å². The van der Waals surface area contributed by atoms with Gasteiger partial charge in [-0.2, -0.15) is 5.10 Å². The molecular weight excluding hydrogens is 311 g/mol. The lowest BCUT2D eigenvalue weighted by molar-refractivity contribution is 0.236. The molecule has 0 aliphatic heterocycles. The molecule has 0 unspecified atom stereocenters. The van der Waals surface area contributed by atoms with Crippen molar-refractivity contribution >= 4 is 29.8 Å². The molecule has 0 saturated heterocycles. The van der Waals surface area contributed by atoms with Crippen LogP contribution in [-0.4, -0.2) is 23.0 Å². The second-order valence-electron chi connectivity index (χ2n) is 3.50. The van der Waals surface area contributed by atoms with E-state index >= 15 is 0 Å². The summed E-state index contributed by atoms with van der Waals surface area (Å²) in [6.07, 6.45) is 0. The molecule has 0 amide bonds. The number of aryl methyl sites for hydroxylation is 1. The van der Waals surface area contributed by atoms with E-state index in [1.807, 2.05) is 0 Å². The third-order valence-corrected chi connectivity index (χ3v) is 6.17. The number of hydrogen-bond acceptors (Lipinski definition) is 6. The first-order valence-electron chi connectivity index (χ1n) is 5.69. The zero-order valence-electron chi connectivity index (χ0n) is 11.0. The smallest absolute Gasteiger partial charge is 0.301 e. The van der Waals surface area contributed by atoms with Crippen LogP contribution in [0.5, 0.6) is 0 Å². The van der Waals surface area contributed by atoms with E-state index in [-0.39, 0.29) is 29.8 Å². The second-order valence-corrected chi connectivity index (χ2v) is 7.90. The molecule has 6 nitrogen and oxygen atoms in total. The molecule has 0 bridgehead atoms. The molecule has 9 heteroatoms. The molecule has 0 aliphatic carbocycles. The largest absolute Gasteiger partial charge is 0.390 e. The van der Waals surface area contributed by atoms with E-state index in [0.29, 0.717) is 5.56 Å². The molecule has 0 aromatic carbocycles. The van der Waals surface area contributed by atoms with E-state index in [1.54, 1.807) is 20.8 Å². The van der Waals surface area contributed by atoms with Gasteiger partial charge in [0.05, 0.1) is 13.2 Å². The third-order valence-electron chi connectivity index (χ3n) is 2.04. The number of nitrogens with zero attached hydrogens (tertiary/aromatic N) is 2. The van der Waals surface area contributed by atoms with Gasteiger partial charge in [0.2, 0.25) is 0 Å². The molecule has 1 rings (SSSR count). The van der Waals surface area contributed by atoms with Gasteiger partial charge in [-0.05, 0) is 37.7 Å². The van der Waals surface area contributed by atoms with Gasteiger partial charge in [-0.1, -0.05) is 11.6 Å². The van der Waals surface area contributed by atoms with Crippen LogP contribution in [0, 0.1) is 6.92 Å². The maximum Gasteiger partial charge on any atom is 0.390 e. The van der Waals surface area contributed by atoms with Gasteiger partial charge in [0.1, 0.15) is 5.88 Å². The molecule has 1 aromatic rings. The summed E-state index contributed by atoms with van der Waals surface area (Å²) < 4.78 is 23.5. The van der Waals surface area contributed by atoms with Crippen molar-refractivity contribution in [3.8, 4) is 0 Å². The second kappa shape index (κ2) is 7.45. The van der Waals surface area contributed by atoms with Crippen LogP contribution < -0.4 is 5.56 Å². The van der Waals surface area contributed by atoms with Gasteiger partial charge >= 0.3 is 6.80 Å². The Hall–Kier alpha value is -0.330. The Kier molecular flexibility index (Phi) is 6.56. The minimum atomic E-state index is -3.26. The van der Waals surface area contributed by atoms with Crippen molar-refractivity contribution < 1.29 is 13.6 Å². The predicted octanol–water partition coefficient (Wildman–Crippen LogP) is 3.08. The van der Waals surface area contributed by atoms with Crippen molar-refractivity contribution in [3.05, 3.63) is 27.1 Å². The Bertz CT molecular complexity index is 527. The zero-order chi connectivity index (χ0) is 14.5. The van der Waals surface area contributed by atoms with Crippen LogP contribution in [0.25, 0.3) is 0 Å². The van der Waals surface area contributed by atoms with E-state index in [2.05, 4.69) is 5.10 Å². The van der Waals surface area contributed by atoms with Gasteiger partial charge in [0.15, 0.2) is 5.15 Å². The summed E-state index contributed by atoms with van der Waals surface area (Å²) in [5.41, 5.74) is 0.291. The fraction of sp³-hybridized carbons (Fsp3) is 0.600. The highest BCUT2D eigenvalue weighted by molar-refractivity contribution is 8.54. The molecule has 108 valence electrons. The molecule has 0 spiro atoms. The first-order valence-corrected chi connectivity index (χ1v) is 9.21. The SMILES string of the molecule is CCOP(=O)(OCC)SCn1nc(Cl)c(C)cc1=O. The van der Waals surface area contributed by atoms with E-state index in [4.69, 9.17) is 20.6 Å². The summed E-state index contributed by atoms with van der Waals surface area (Å²) in [5.74, 6) is 0.0517. The number of rotatable bonds is 7. The van der Waals surface area contributed by atoms with Crippen molar-refractivity contribution in [1.29, 1.82) is 0 Å². The highest BCUT2D eigenvalue weighted by Crippen LogP contribution is 2.60. The molecule has 0 N–H and O–H groups in total. The average molecular weight is 327 g/mol. The van der Waals surface area contributed by atoms with Crippen LogP contribution in [0.15, 0.2) is 10.9 Å². The number of hydrogen-bond donors (Lipinski definition) is 0. The van der Waals surface area contributed by atoms with Gasteiger partial charge in [0, 0.05) is 6.07 Å². The Morgan fingerprint density at radius 1 is 1.42 bits per heavy atom. The van der Waals surface area contributed by atoms with Crippen LogP contribution in [0.4, 0.5) is 0 Å². The molecule has 0 saturated carbocycles. The molecule has 1 aromatic heterocycles. The maximum atomic E-state index is 12.2. The summed E-state index contributed by atoms with van der Waals surface area (Å²) in [6.45, 7) is 2.41. The highest BCUT2D eigenvalue weighted by atomic mass is 35.5. The van der Waals surface area contributed by atoms with Crippen LogP contribution in [0.2, 0.25) is 5.15 Å². The maximum absolute atomic E-state index is 12.2. The van der Waals surface area contributed by atoms with Gasteiger partial charge in [-0.25, -0.2) is 9.25 Å². The fourth-order valence-electron chi connectivity index (χ4n) is 1.20. The van der Waals surface area contributed by atoms with Crippen molar-refractivity contribution in [2.75, 3.05) is 13.2 Å². The Labute approximate surface area is 120 Å². The van der Waals surface area contributed by atoms with Crippen molar-refractivity contribution in [2.24, 2.45) is 0 Å². The molecule has 0 aliphatic rings. The Balaban J connectivity index is 2.83. The normalized spacial score (nSPS) is 11.8. The topological polar surface area (TPSA) is 70.4 Å². The van der Waals surface area contributed by atoms with Crippen molar-refractivity contribution in [3.63, 3.8) is 0 Å². The van der Waals surface area contributed by atoms with Crippen molar-refractivity contribution in [1.82, 2.24) is 9.78 Å². The summed E-state index contributed by atoms with van der Waals surface area (Å²) in [5, 5.41) is 4.15. The summed E-state index contributed by atoms with van der Waals surface area (Å²) in [7, 11) is 0. The molecule has 0 radical (unpaired) electrons. The Morgan fingerprint density at radius 3 is 2.53 bits per heavy atom. The van der Waals surface area contributed by atoms with Crippen LogP contribution in [-0.2, 0) is 19.5 Å². The number of halogens is 1. The standard InChI is InChI=1S/C10H16ClN2O4PS/c1-4-16-18(15,17-5-2)19-7-13-9(14)6-8(3)10(11)12-13/h6H,4-5,7H2,1-3H3. The van der Waals surface area contributed by atoms with Gasteiger partial charge in [-0.3, -0.25) is 4.79 Å². The first kappa shape index (κ1) is 16.7. The molecular formula is C10H16ClN2O4PS. The lowest BCUT2D eigenvalue weighted by atomic mass is 10.3. The monoisotopic (exact) mass is 326 g/mol. The first-order chi connectivity index (χ1) is 8.91. The van der Waals surface area contributed by atoms with Crippen LogP contribution in [0.1, 0.15) is 19.4 Å². The van der Waals surface area contributed by atoms with Crippen LogP contribution in [0.3, 0.4) is 0 Å². The minimum absolute atomic E-state index is 0.0517. The van der Waals surface area contributed by atoms with E-state index < -0.39 is 6.80 Å². The fourth-order valence-corrected chi connectivity index (χ4v) is 4.47. The molecule has 19 heavy (non-hydrogen) atoms. The van der Waals surface area contributed by atoms with Gasteiger partial charge < -0.3 is 9.05 Å². The summed E-state index contributed by atoms with van der Waals surface area (Å²) >= 11 is 6.75. The molecule has 1 heterocycles. The van der Waals surface area contributed by atoms with Gasteiger partial charge in [-0.15, -0.1) is 0 Å². The molecule has 0 atom stereocenters. The molecule has 0 fully saturated rings. The highest BCUT2D eigenvalue weighted by Gasteiger charge is 2.25. The Morgan fingerprint density at radius 2 is 2.00 bits per heavy atom. The predicted molar refractivity (Wildman–Crippen MR) is 76.7 cm³/mol.